The van der Waals surface area contributed by atoms with Crippen LogP contribution in [0, 0.1) is 13.8 Å². The number of aryl methyl sites for hydroxylation is 2. The van der Waals surface area contributed by atoms with Crippen molar-refractivity contribution in [1.29, 1.82) is 0 Å². The van der Waals surface area contributed by atoms with E-state index in [-0.39, 0.29) is 7.43 Å². The van der Waals surface area contributed by atoms with Gasteiger partial charge in [0.05, 0.1) is 0 Å². The Balaban J connectivity index is 0.00000331. The van der Waals surface area contributed by atoms with E-state index < -0.39 is 0 Å². The van der Waals surface area contributed by atoms with Gasteiger partial charge >= 0.3 is 0 Å². The molecule has 0 heteroatoms. The third-order valence-electron chi connectivity index (χ3n) is 12.2. The Kier molecular flexibility index (Phi) is 6.12. The minimum Gasteiger partial charge on any atom is -0.0776 e. The summed E-state index contributed by atoms with van der Waals surface area (Å²) in [4.78, 5) is 0. The first-order valence-corrected chi connectivity index (χ1v) is 18.4. The lowest BCUT2D eigenvalue weighted by Gasteiger charge is -2.23. The lowest BCUT2D eigenvalue weighted by atomic mass is 9.79. The van der Waals surface area contributed by atoms with Gasteiger partial charge in [-0.2, -0.15) is 0 Å². The minimum absolute atomic E-state index is 0. The Bertz CT molecular complexity index is 3340. The second kappa shape index (κ2) is 10.8. The molecule has 0 heterocycles. The van der Waals surface area contributed by atoms with E-state index in [9.17, 15) is 0 Å². The first-order chi connectivity index (χ1) is 25.7. The van der Waals surface area contributed by atoms with Crippen LogP contribution in [0.3, 0.4) is 0 Å². The van der Waals surface area contributed by atoms with Crippen molar-refractivity contribution in [2.75, 3.05) is 0 Å². The van der Waals surface area contributed by atoms with Gasteiger partial charge in [-0.3, -0.25) is 0 Å². The van der Waals surface area contributed by atoms with E-state index >= 15 is 0 Å². The molecule has 11 aromatic carbocycles. The molecule has 0 aliphatic heterocycles. The molecule has 53 heavy (non-hydrogen) atoms. The van der Waals surface area contributed by atoms with Crippen LogP contribution in [0.4, 0.5) is 0 Å². The second-order valence-electron chi connectivity index (χ2n) is 14.8. The third-order valence-corrected chi connectivity index (χ3v) is 12.2. The smallest absolute Gasteiger partial charge is 0.000719 e. The summed E-state index contributed by atoms with van der Waals surface area (Å²) >= 11 is 0. The molecule has 0 amide bonds. The first-order valence-electron chi connectivity index (χ1n) is 18.4. The minimum atomic E-state index is 0. The molecular weight excluding hydrogens is 637 g/mol. The summed E-state index contributed by atoms with van der Waals surface area (Å²) in [5, 5.41) is 18.5. The molecule has 0 radical (unpaired) electrons. The monoisotopic (exact) mass is 672 g/mol. The average molecular weight is 673 g/mol. The van der Waals surface area contributed by atoms with E-state index in [1.54, 1.807) is 0 Å². The highest BCUT2D eigenvalue weighted by molar-refractivity contribution is 6.32. The van der Waals surface area contributed by atoms with E-state index in [0.717, 1.165) is 0 Å². The molecule has 0 spiro atoms. The molecule has 248 valence electrons. The summed E-state index contributed by atoms with van der Waals surface area (Å²) < 4.78 is 0. The lowest BCUT2D eigenvalue weighted by Crippen LogP contribution is -1.96. The van der Waals surface area contributed by atoms with Crippen LogP contribution in [-0.4, -0.2) is 0 Å². The summed E-state index contributed by atoms with van der Waals surface area (Å²) in [5.41, 5.74) is 13.2. The van der Waals surface area contributed by atoms with Crippen molar-refractivity contribution in [3.63, 3.8) is 0 Å². The molecular formula is C53H36. The van der Waals surface area contributed by atoms with E-state index in [4.69, 9.17) is 0 Å². The van der Waals surface area contributed by atoms with Crippen molar-refractivity contribution >= 4 is 75.4 Å². The molecule has 0 bridgehead atoms. The van der Waals surface area contributed by atoms with Crippen molar-refractivity contribution in [3.05, 3.63) is 169 Å². The van der Waals surface area contributed by atoms with Crippen LogP contribution in [0.15, 0.2) is 158 Å². The summed E-state index contributed by atoms with van der Waals surface area (Å²) in [6.45, 7) is 4.53. The largest absolute Gasteiger partial charge is 0.0776 e. The fourth-order valence-corrected chi connectivity index (χ4v) is 10.0. The summed E-state index contributed by atoms with van der Waals surface area (Å²) in [5.74, 6) is 0. The number of fused-ring (bicyclic) bond motifs is 7. The zero-order valence-corrected chi connectivity index (χ0v) is 29.0. The highest BCUT2D eigenvalue weighted by Crippen LogP contribution is 2.59. The maximum absolute atomic E-state index is 2.39. The highest BCUT2D eigenvalue weighted by Gasteiger charge is 2.31. The quantitative estimate of drug-likeness (QED) is 0.160. The fourth-order valence-electron chi connectivity index (χ4n) is 10.0. The Morgan fingerprint density at radius 2 is 0.679 bits per heavy atom. The molecule has 11 aromatic rings. The van der Waals surface area contributed by atoms with Gasteiger partial charge in [0.1, 0.15) is 0 Å². The van der Waals surface area contributed by atoms with E-state index in [1.165, 1.54) is 131 Å². The van der Waals surface area contributed by atoms with Crippen molar-refractivity contribution in [3.8, 4) is 44.5 Å². The van der Waals surface area contributed by atoms with Gasteiger partial charge < -0.3 is 0 Å². The van der Waals surface area contributed by atoms with Gasteiger partial charge in [-0.15, -0.1) is 0 Å². The molecule has 0 N–H and O–H groups in total. The first kappa shape index (κ1) is 30.2. The Labute approximate surface area is 308 Å². The SMILES string of the molecule is C.Cc1cccc2ccc3c(-c4c5c(c(-c6ccc7ccc8cccc9ccc6c7c89)c6ccccc46)-c4cccc6cccc-5c46)ccc(C)c3c12. The lowest BCUT2D eigenvalue weighted by molar-refractivity contribution is 1.51. The Morgan fingerprint density at radius 1 is 0.245 bits per heavy atom. The molecule has 0 saturated carbocycles. The van der Waals surface area contributed by atoms with Crippen LogP contribution in [0.2, 0.25) is 0 Å². The molecule has 0 fully saturated rings. The van der Waals surface area contributed by atoms with Crippen molar-refractivity contribution in [2.45, 2.75) is 21.3 Å². The van der Waals surface area contributed by atoms with Gasteiger partial charge in [-0.25, -0.2) is 0 Å². The Hall–Kier alpha value is -6.50. The highest BCUT2D eigenvalue weighted by atomic mass is 14.3. The number of hydrogen-bond acceptors (Lipinski definition) is 0. The van der Waals surface area contributed by atoms with Crippen molar-refractivity contribution in [2.24, 2.45) is 0 Å². The zero-order valence-electron chi connectivity index (χ0n) is 29.0. The summed E-state index contributed by atoms with van der Waals surface area (Å²) in [6.07, 6.45) is 0. The van der Waals surface area contributed by atoms with Gasteiger partial charge in [0.2, 0.25) is 0 Å². The second-order valence-corrected chi connectivity index (χ2v) is 14.8. The molecule has 0 aromatic heterocycles. The molecule has 0 saturated heterocycles. The molecule has 1 aliphatic carbocycles. The zero-order chi connectivity index (χ0) is 34.2. The maximum Gasteiger partial charge on any atom is -0.000719 e. The molecule has 12 rings (SSSR count). The van der Waals surface area contributed by atoms with Crippen LogP contribution < -0.4 is 0 Å². The van der Waals surface area contributed by atoms with E-state index in [0.29, 0.717) is 0 Å². The Morgan fingerprint density at radius 3 is 1.30 bits per heavy atom. The number of benzene rings is 11. The van der Waals surface area contributed by atoms with Crippen LogP contribution >= 0.6 is 0 Å². The predicted octanol–water partition coefficient (Wildman–Crippen LogP) is 15.4. The van der Waals surface area contributed by atoms with E-state index in [2.05, 4.69) is 172 Å². The molecule has 0 nitrogen and oxygen atoms in total. The molecule has 0 unspecified atom stereocenters. The van der Waals surface area contributed by atoms with Gasteiger partial charge in [-0.05, 0) is 145 Å². The van der Waals surface area contributed by atoms with E-state index in [1.807, 2.05) is 0 Å². The van der Waals surface area contributed by atoms with Crippen LogP contribution in [0.25, 0.3) is 120 Å². The van der Waals surface area contributed by atoms with Gasteiger partial charge in [-0.1, -0.05) is 165 Å². The van der Waals surface area contributed by atoms with Crippen molar-refractivity contribution in [1.82, 2.24) is 0 Å². The fraction of sp³-hybridized carbons (Fsp3) is 0.0566. The normalized spacial score (nSPS) is 12.2. The van der Waals surface area contributed by atoms with Crippen LogP contribution in [0.5, 0.6) is 0 Å². The average Bonchev–Trinajstić information content (AvgIpc) is 3.51. The van der Waals surface area contributed by atoms with Gasteiger partial charge in [0.25, 0.3) is 0 Å². The van der Waals surface area contributed by atoms with Crippen molar-refractivity contribution < 1.29 is 0 Å². The maximum atomic E-state index is 2.39. The predicted molar refractivity (Wildman–Crippen MR) is 232 cm³/mol. The number of rotatable bonds is 2. The van der Waals surface area contributed by atoms with Gasteiger partial charge in [0.15, 0.2) is 0 Å². The standard InChI is InChI=1S/C52H32.CH4/c1-29-9-5-10-32-22-26-38-40(25-19-30(2)45(38)44(29)32)49-36-15-3-4-16-37(36)50(52-43-18-8-14-31-13-7-17-42(47(31)43)51(49)52)41-28-24-35-21-20-33-11-6-12-34-23-27-39(41)48(35)46(33)34;/h3-28H,1-2H3;1H4. The summed E-state index contributed by atoms with van der Waals surface area (Å²) in [7, 11) is 0. The van der Waals surface area contributed by atoms with Crippen LogP contribution in [0.1, 0.15) is 18.6 Å². The topological polar surface area (TPSA) is 0 Å². The third kappa shape index (κ3) is 3.85. The number of hydrogen-bond donors (Lipinski definition) is 0. The molecule has 0 atom stereocenters. The molecule has 1 aliphatic rings. The summed E-state index contributed by atoms with van der Waals surface area (Å²) in [6, 6.07) is 59.8. The van der Waals surface area contributed by atoms with Crippen LogP contribution in [-0.2, 0) is 0 Å². The van der Waals surface area contributed by atoms with Gasteiger partial charge in [0, 0.05) is 0 Å².